The summed E-state index contributed by atoms with van der Waals surface area (Å²) >= 11 is 0. The maximum absolute atomic E-state index is 2.48. The molecule has 0 radical (unpaired) electrons. The summed E-state index contributed by atoms with van der Waals surface area (Å²) in [7, 11) is 0. The van der Waals surface area contributed by atoms with Gasteiger partial charge in [0.05, 0.1) is 0 Å². The van der Waals surface area contributed by atoms with Gasteiger partial charge in [0.1, 0.15) is 0 Å². The van der Waals surface area contributed by atoms with Gasteiger partial charge in [-0.05, 0) is 49.4 Å². The predicted molar refractivity (Wildman–Crippen MR) is 48.6 cm³/mol. The lowest BCUT2D eigenvalue weighted by atomic mass is 9.85. The second kappa shape index (κ2) is 1.71. The minimum atomic E-state index is 0.903. The van der Waals surface area contributed by atoms with Crippen LogP contribution in [0.2, 0.25) is 0 Å². The van der Waals surface area contributed by atoms with E-state index in [1.54, 1.807) is 0 Å². The van der Waals surface area contributed by atoms with Gasteiger partial charge in [0, 0.05) is 0 Å². The molecule has 0 spiro atoms. The molecule has 0 amide bonds. The Bertz CT molecular complexity index is 280. The summed E-state index contributed by atoms with van der Waals surface area (Å²) in [6.07, 6.45) is 11.0. The third-order valence-electron chi connectivity index (χ3n) is 4.53. The van der Waals surface area contributed by atoms with Gasteiger partial charge in [0.2, 0.25) is 0 Å². The minimum absolute atomic E-state index is 0.903. The van der Waals surface area contributed by atoms with Crippen LogP contribution < -0.4 is 0 Å². The highest BCUT2D eigenvalue weighted by Crippen LogP contribution is 2.61. The van der Waals surface area contributed by atoms with Gasteiger partial charge in [0.25, 0.3) is 0 Å². The van der Waals surface area contributed by atoms with Gasteiger partial charge in [0.15, 0.2) is 0 Å². The monoisotopic (exact) mass is 158 g/mol. The van der Waals surface area contributed by atoms with E-state index < -0.39 is 0 Å². The fourth-order valence-corrected chi connectivity index (χ4v) is 4.21. The third-order valence-corrected chi connectivity index (χ3v) is 4.53. The summed E-state index contributed by atoms with van der Waals surface area (Å²) in [5.41, 5.74) is 3.83. The molecular formula is C12H14. The summed E-state index contributed by atoms with van der Waals surface area (Å²) < 4.78 is 0. The lowest BCUT2D eigenvalue weighted by Crippen LogP contribution is -2.07. The third kappa shape index (κ3) is 0.485. The second-order valence-corrected chi connectivity index (χ2v) is 4.95. The van der Waals surface area contributed by atoms with Crippen LogP contribution in [0, 0.1) is 23.7 Å². The molecule has 0 aliphatic heterocycles. The van der Waals surface area contributed by atoms with Crippen LogP contribution in [-0.2, 0) is 0 Å². The van der Waals surface area contributed by atoms with Gasteiger partial charge in [-0.2, -0.15) is 0 Å². The van der Waals surface area contributed by atoms with Crippen LogP contribution in [0.5, 0.6) is 0 Å². The van der Waals surface area contributed by atoms with Crippen LogP contribution in [-0.4, -0.2) is 0 Å². The highest BCUT2D eigenvalue weighted by atomic mass is 14.5. The molecule has 4 aliphatic rings. The SMILES string of the molecule is C1=CC2CC1C1=C2C2CCC1C2. The summed E-state index contributed by atoms with van der Waals surface area (Å²) in [5, 5.41) is 0. The zero-order chi connectivity index (χ0) is 7.71. The zero-order valence-electron chi connectivity index (χ0n) is 7.29. The Kier molecular flexibility index (Phi) is 0.856. The first-order valence-corrected chi connectivity index (χ1v) is 5.35. The van der Waals surface area contributed by atoms with Crippen LogP contribution in [0.1, 0.15) is 25.7 Å². The summed E-state index contributed by atoms with van der Waals surface area (Å²) in [4.78, 5) is 0. The first kappa shape index (κ1) is 6.01. The molecule has 0 aromatic carbocycles. The van der Waals surface area contributed by atoms with Crippen molar-refractivity contribution in [2.24, 2.45) is 23.7 Å². The maximum atomic E-state index is 2.48. The van der Waals surface area contributed by atoms with Crippen molar-refractivity contribution in [2.45, 2.75) is 25.7 Å². The van der Waals surface area contributed by atoms with E-state index in [9.17, 15) is 0 Å². The number of rotatable bonds is 0. The van der Waals surface area contributed by atoms with Gasteiger partial charge < -0.3 is 0 Å². The molecule has 4 atom stereocenters. The fourth-order valence-electron chi connectivity index (χ4n) is 4.21. The molecule has 1 saturated carbocycles. The first-order valence-electron chi connectivity index (χ1n) is 5.35. The minimum Gasteiger partial charge on any atom is -0.0807 e. The zero-order valence-corrected chi connectivity index (χ0v) is 7.29. The maximum Gasteiger partial charge on any atom is -0.000860 e. The van der Waals surface area contributed by atoms with E-state index in [2.05, 4.69) is 12.2 Å². The lowest BCUT2D eigenvalue weighted by molar-refractivity contribution is 0.555. The lowest BCUT2D eigenvalue weighted by Gasteiger charge is -2.20. The Morgan fingerprint density at radius 1 is 0.833 bits per heavy atom. The molecule has 4 bridgehead atoms. The summed E-state index contributed by atoms with van der Waals surface area (Å²) in [5.74, 6) is 3.87. The first-order chi connectivity index (χ1) is 5.93. The fraction of sp³-hybridized carbons (Fsp3) is 0.667. The van der Waals surface area contributed by atoms with Crippen molar-refractivity contribution in [3.63, 3.8) is 0 Å². The second-order valence-electron chi connectivity index (χ2n) is 4.95. The van der Waals surface area contributed by atoms with Gasteiger partial charge in [-0.15, -0.1) is 0 Å². The molecule has 4 unspecified atom stereocenters. The van der Waals surface area contributed by atoms with E-state index >= 15 is 0 Å². The van der Waals surface area contributed by atoms with Crippen LogP contribution >= 0.6 is 0 Å². The molecule has 4 aliphatic carbocycles. The van der Waals surface area contributed by atoms with Gasteiger partial charge in [-0.3, -0.25) is 0 Å². The van der Waals surface area contributed by atoms with Crippen molar-refractivity contribution in [1.29, 1.82) is 0 Å². The van der Waals surface area contributed by atoms with Crippen molar-refractivity contribution < 1.29 is 0 Å². The van der Waals surface area contributed by atoms with Crippen LogP contribution in [0.15, 0.2) is 23.3 Å². The smallest absolute Gasteiger partial charge is 0.000860 e. The predicted octanol–water partition coefficient (Wildman–Crippen LogP) is 2.92. The quantitative estimate of drug-likeness (QED) is 0.375. The van der Waals surface area contributed by atoms with Crippen molar-refractivity contribution in [2.75, 3.05) is 0 Å². The van der Waals surface area contributed by atoms with Crippen molar-refractivity contribution >= 4 is 0 Å². The topological polar surface area (TPSA) is 0 Å². The van der Waals surface area contributed by atoms with E-state index in [4.69, 9.17) is 0 Å². The molecule has 0 aromatic heterocycles. The number of hydrogen-bond acceptors (Lipinski definition) is 0. The molecule has 12 heavy (non-hydrogen) atoms. The molecule has 62 valence electrons. The van der Waals surface area contributed by atoms with Crippen LogP contribution in [0.25, 0.3) is 0 Å². The Hall–Kier alpha value is -0.520. The largest absolute Gasteiger partial charge is 0.0807 e. The average Bonchev–Trinajstić information content (AvgIpc) is 2.83. The molecule has 4 rings (SSSR count). The van der Waals surface area contributed by atoms with E-state index in [1.165, 1.54) is 25.7 Å². The van der Waals surface area contributed by atoms with E-state index in [0.29, 0.717) is 0 Å². The Labute approximate surface area is 73.4 Å². The standard InChI is InChI=1S/C12H14/c1-2-8-5-7(1)11-9-3-4-10(6-9)12(8)11/h1-2,7-10H,3-6H2. The van der Waals surface area contributed by atoms with Crippen molar-refractivity contribution in [1.82, 2.24) is 0 Å². The van der Waals surface area contributed by atoms with Gasteiger partial charge in [-0.1, -0.05) is 23.3 Å². The highest BCUT2D eigenvalue weighted by Gasteiger charge is 2.49. The van der Waals surface area contributed by atoms with Crippen molar-refractivity contribution in [3.05, 3.63) is 23.3 Å². The molecule has 0 heterocycles. The summed E-state index contributed by atoms with van der Waals surface area (Å²) in [6, 6.07) is 0. The Morgan fingerprint density at radius 2 is 1.42 bits per heavy atom. The van der Waals surface area contributed by atoms with E-state index in [-0.39, 0.29) is 0 Å². The van der Waals surface area contributed by atoms with Crippen molar-refractivity contribution in [3.8, 4) is 0 Å². The Morgan fingerprint density at radius 3 is 2.00 bits per heavy atom. The number of fused-ring (bicyclic) bond motifs is 8. The molecule has 1 fully saturated rings. The number of hydrogen-bond donors (Lipinski definition) is 0. The Balaban J connectivity index is 1.91. The van der Waals surface area contributed by atoms with E-state index in [1.807, 2.05) is 11.1 Å². The van der Waals surface area contributed by atoms with Gasteiger partial charge >= 0.3 is 0 Å². The highest BCUT2D eigenvalue weighted by molar-refractivity contribution is 5.45. The number of allylic oxidation sites excluding steroid dienone is 4. The summed E-state index contributed by atoms with van der Waals surface area (Å²) in [6.45, 7) is 0. The average molecular weight is 158 g/mol. The van der Waals surface area contributed by atoms with Crippen LogP contribution in [0.4, 0.5) is 0 Å². The molecule has 0 aromatic rings. The van der Waals surface area contributed by atoms with E-state index in [0.717, 1.165) is 23.7 Å². The molecule has 0 N–H and O–H groups in total. The molecular weight excluding hydrogens is 144 g/mol. The van der Waals surface area contributed by atoms with Crippen LogP contribution in [0.3, 0.4) is 0 Å². The normalized spacial score (nSPS) is 52.7. The molecule has 0 nitrogen and oxygen atoms in total. The van der Waals surface area contributed by atoms with Gasteiger partial charge in [-0.25, -0.2) is 0 Å². The molecule has 0 saturated heterocycles. The molecule has 0 heteroatoms.